The van der Waals surface area contributed by atoms with Crippen molar-refractivity contribution in [3.8, 4) is 0 Å². The van der Waals surface area contributed by atoms with Crippen LogP contribution in [0.4, 0.5) is 11.6 Å². The van der Waals surface area contributed by atoms with Gasteiger partial charge in [-0.3, -0.25) is 0 Å². The minimum absolute atomic E-state index is 0.179. The molecule has 1 heterocycles. The molecule has 1 aliphatic rings. The Balaban J connectivity index is 2.06. The summed E-state index contributed by atoms with van der Waals surface area (Å²) in [6.07, 6.45) is 4.77. The maximum absolute atomic E-state index is 9.83. The molecule has 1 aromatic heterocycles. The second-order valence-electron chi connectivity index (χ2n) is 5.39. The molecule has 1 saturated carbocycles. The summed E-state index contributed by atoms with van der Waals surface area (Å²) in [5, 5.41) is 13.2. The third-order valence-corrected chi connectivity index (χ3v) is 3.85. The standard InChI is InChI=1S/C14H24N4O/c1-3-5-12-17-13(15)9(2)14(18-12)16-8-10-6-4-7-11(10)19/h10-11,19H,3-8H2,1-2H3,(H3,15,16,17,18). The smallest absolute Gasteiger partial charge is 0.134 e. The Bertz CT molecular complexity index is 436. The van der Waals surface area contributed by atoms with Crippen LogP contribution in [-0.2, 0) is 6.42 Å². The number of rotatable bonds is 5. The third-order valence-electron chi connectivity index (χ3n) is 3.85. The van der Waals surface area contributed by atoms with Gasteiger partial charge in [0.25, 0.3) is 0 Å². The summed E-state index contributed by atoms with van der Waals surface area (Å²) in [7, 11) is 0. The van der Waals surface area contributed by atoms with Crippen LogP contribution in [0.15, 0.2) is 0 Å². The van der Waals surface area contributed by atoms with Crippen LogP contribution in [0.1, 0.15) is 44.0 Å². The Labute approximate surface area is 114 Å². The van der Waals surface area contributed by atoms with Gasteiger partial charge in [0.2, 0.25) is 0 Å². The molecule has 0 aromatic carbocycles. The number of anilines is 2. The predicted octanol–water partition coefficient (Wildman–Crippen LogP) is 1.89. The van der Waals surface area contributed by atoms with E-state index in [1.165, 1.54) is 0 Å². The van der Waals surface area contributed by atoms with Crippen molar-refractivity contribution in [3.05, 3.63) is 11.4 Å². The predicted molar refractivity (Wildman–Crippen MR) is 77.0 cm³/mol. The molecule has 2 unspecified atom stereocenters. The van der Waals surface area contributed by atoms with Crippen LogP contribution in [-0.4, -0.2) is 27.7 Å². The van der Waals surface area contributed by atoms with Crippen LogP contribution in [0, 0.1) is 12.8 Å². The van der Waals surface area contributed by atoms with Gasteiger partial charge in [0, 0.05) is 24.4 Å². The fraction of sp³-hybridized carbons (Fsp3) is 0.714. The zero-order chi connectivity index (χ0) is 13.8. The molecule has 0 saturated heterocycles. The van der Waals surface area contributed by atoms with E-state index in [0.29, 0.717) is 11.7 Å². The number of aryl methyl sites for hydroxylation is 1. The molecule has 0 radical (unpaired) electrons. The van der Waals surface area contributed by atoms with E-state index in [4.69, 9.17) is 5.73 Å². The van der Waals surface area contributed by atoms with Gasteiger partial charge in [-0.15, -0.1) is 0 Å². The van der Waals surface area contributed by atoms with E-state index in [-0.39, 0.29) is 6.10 Å². The van der Waals surface area contributed by atoms with Gasteiger partial charge >= 0.3 is 0 Å². The summed E-state index contributed by atoms with van der Waals surface area (Å²) in [5.41, 5.74) is 6.82. The normalized spacial score (nSPS) is 22.7. The number of nitrogens with zero attached hydrogens (tertiary/aromatic N) is 2. The molecule has 2 atom stereocenters. The summed E-state index contributed by atoms with van der Waals surface area (Å²) >= 11 is 0. The first-order valence-electron chi connectivity index (χ1n) is 7.16. The van der Waals surface area contributed by atoms with Crippen molar-refractivity contribution in [2.75, 3.05) is 17.6 Å². The van der Waals surface area contributed by atoms with Crippen molar-refractivity contribution in [1.82, 2.24) is 9.97 Å². The fourth-order valence-corrected chi connectivity index (χ4v) is 2.57. The summed E-state index contributed by atoms with van der Waals surface area (Å²) in [5.74, 6) is 2.48. The average molecular weight is 264 g/mol. The van der Waals surface area contributed by atoms with E-state index in [0.717, 1.165) is 55.9 Å². The van der Waals surface area contributed by atoms with Crippen LogP contribution in [0.5, 0.6) is 0 Å². The molecule has 1 fully saturated rings. The van der Waals surface area contributed by atoms with E-state index in [1.807, 2.05) is 6.92 Å². The second-order valence-corrected chi connectivity index (χ2v) is 5.39. The Morgan fingerprint density at radius 2 is 2.16 bits per heavy atom. The molecule has 106 valence electrons. The molecule has 5 heteroatoms. The highest BCUT2D eigenvalue weighted by Crippen LogP contribution is 2.26. The van der Waals surface area contributed by atoms with Gasteiger partial charge in [0.15, 0.2) is 0 Å². The topological polar surface area (TPSA) is 84.1 Å². The molecule has 1 aliphatic carbocycles. The van der Waals surface area contributed by atoms with Crippen molar-refractivity contribution < 1.29 is 5.11 Å². The van der Waals surface area contributed by atoms with E-state index < -0.39 is 0 Å². The minimum atomic E-state index is -0.179. The minimum Gasteiger partial charge on any atom is -0.393 e. The Morgan fingerprint density at radius 1 is 1.37 bits per heavy atom. The molecular formula is C14H24N4O. The fourth-order valence-electron chi connectivity index (χ4n) is 2.57. The lowest BCUT2D eigenvalue weighted by Crippen LogP contribution is -2.23. The van der Waals surface area contributed by atoms with E-state index in [2.05, 4.69) is 22.2 Å². The Kier molecular flexibility index (Phi) is 4.58. The van der Waals surface area contributed by atoms with Crippen LogP contribution in [0.3, 0.4) is 0 Å². The number of nitrogen functional groups attached to an aromatic ring is 1. The second kappa shape index (κ2) is 6.19. The first-order valence-corrected chi connectivity index (χ1v) is 7.16. The largest absolute Gasteiger partial charge is 0.393 e. The summed E-state index contributed by atoms with van der Waals surface area (Å²) in [4.78, 5) is 8.82. The maximum atomic E-state index is 9.83. The van der Waals surface area contributed by atoms with Gasteiger partial charge < -0.3 is 16.2 Å². The quantitative estimate of drug-likeness (QED) is 0.756. The number of nitrogens with two attached hydrogens (primary N) is 1. The monoisotopic (exact) mass is 264 g/mol. The van der Waals surface area contributed by atoms with Crippen LogP contribution < -0.4 is 11.1 Å². The molecule has 0 aliphatic heterocycles. The van der Waals surface area contributed by atoms with Gasteiger partial charge in [0.1, 0.15) is 17.5 Å². The summed E-state index contributed by atoms with van der Waals surface area (Å²) in [6, 6.07) is 0. The molecule has 0 amide bonds. The highest BCUT2D eigenvalue weighted by molar-refractivity contribution is 5.54. The highest BCUT2D eigenvalue weighted by Gasteiger charge is 2.25. The molecule has 0 spiro atoms. The number of nitrogens with one attached hydrogen (secondary N) is 1. The summed E-state index contributed by atoms with van der Waals surface area (Å²) < 4.78 is 0. The average Bonchev–Trinajstić information content (AvgIpc) is 2.78. The van der Waals surface area contributed by atoms with Crippen LogP contribution >= 0.6 is 0 Å². The molecule has 1 aromatic rings. The van der Waals surface area contributed by atoms with Gasteiger partial charge in [0.05, 0.1) is 6.10 Å². The van der Waals surface area contributed by atoms with Crippen molar-refractivity contribution in [2.24, 2.45) is 5.92 Å². The van der Waals surface area contributed by atoms with Gasteiger partial charge in [-0.1, -0.05) is 13.3 Å². The SMILES string of the molecule is CCCc1nc(N)c(C)c(NCC2CCCC2O)n1. The van der Waals surface area contributed by atoms with E-state index in [1.54, 1.807) is 0 Å². The molecule has 19 heavy (non-hydrogen) atoms. The van der Waals surface area contributed by atoms with Crippen molar-refractivity contribution in [1.29, 1.82) is 0 Å². The lowest BCUT2D eigenvalue weighted by molar-refractivity contribution is 0.138. The van der Waals surface area contributed by atoms with Crippen LogP contribution in [0.2, 0.25) is 0 Å². The van der Waals surface area contributed by atoms with Crippen molar-refractivity contribution in [2.45, 2.75) is 52.1 Å². The maximum Gasteiger partial charge on any atom is 0.134 e. The van der Waals surface area contributed by atoms with Gasteiger partial charge in [-0.05, 0) is 26.2 Å². The lowest BCUT2D eigenvalue weighted by Gasteiger charge is -2.17. The van der Waals surface area contributed by atoms with Crippen LogP contribution in [0.25, 0.3) is 0 Å². The zero-order valence-corrected chi connectivity index (χ0v) is 11.8. The first-order chi connectivity index (χ1) is 9.11. The van der Waals surface area contributed by atoms with E-state index in [9.17, 15) is 5.11 Å². The molecular weight excluding hydrogens is 240 g/mol. The number of aromatic nitrogens is 2. The number of hydrogen-bond donors (Lipinski definition) is 3. The zero-order valence-electron chi connectivity index (χ0n) is 11.8. The Hall–Kier alpha value is -1.36. The molecule has 2 rings (SSSR count). The number of aliphatic hydroxyl groups is 1. The summed E-state index contributed by atoms with van der Waals surface area (Å²) in [6.45, 7) is 4.78. The van der Waals surface area contributed by atoms with Gasteiger partial charge in [-0.2, -0.15) is 0 Å². The molecule has 5 nitrogen and oxygen atoms in total. The third kappa shape index (κ3) is 3.35. The first kappa shape index (κ1) is 14.1. The Morgan fingerprint density at radius 3 is 2.79 bits per heavy atom. The van der Waals surface area contributed by atoms with Crippen molar-refractivity contribution in [3.63, 3.8) is 0 Å². The van der Waals surface area contributed by atoms with E-state index >= 15 is 0 Å². The molecule has 0 bridgehead atoms. The lowest BCUT2D eigenvalue weighted by atomic mass is 10.1. The number of hydrogen-bond acceptors (Lipinski definition) is 5. The molecule has 4 N–H and O–H groups in total. The van der Waals surface area contributed by atoms with Crippen molar-refractivity contribution >= 4 is 11.6 Å². The highest BCUT2D eigenvalue weighted by atomic mass is 16.3. The van der Waals surface area contributed by atoms with Gasteiger partial charge in [-0.25, -0.2) is 9.97 Å². The number of aliphatic hydroxyl groups excluding tert-OH is 1.